The van der Waals surface area contributed by atoms with Gasteiger partial charge in [-0.15, -0.1) is 4.73 Å². The topological polar surface area (TPSA) is 135 Å². The minimum absolute atomic E-state index is 0.0964. The Balaban J connectivity index is 2.16. The Kier molecular flexibility index (Phi) is 4.15. The van der Waals surface area contributed by atoms with Crippen LogP contribution >= 0.6 is 0 Å². The summed E-state index contributed by atoms with van der Waals surface area (Å²) in [5.41, 5.74) is 3.43. The molecule has 0 radical (unpaired) electrons. The molecule has 0 spiro atoms. The first-order valence-electron chi connectivity index (χ1n) is 7.13. The van der Waals surface area contributed by atoms with E-state index in [2.05, 4.69) is 0 Å². The van der Waals surface area contributed by atoms with E-state index in [9.17, 15) is 24.6 Å². The lowest BCUT2D eigenvalue weighted by molar-refractivity contribution is -0.160. The summed E-state index contributed by atoms with van der Waals surface area (Å²) in [7, 11) is 0. The lowest BCUT2D eigenvalue weighted by Crippen LogP contribution is -2.59. The van der Waals surface area contributed by atoms with Crippen LogP contribution < -0.4 is 10.6 Å². The predicted molar refractivity (Wildman–Crippen MR) is 81.3 cm³/mol. The van der Waals surface area contributed by atoms with Crippen LogP contribution in [-0.4, -0.2) is 43.3 Å². The van der Waals surface area contributed by atoms with Crippen LogP contribution in [0.1, 0.15) is 27.2 Å². The van der Waals surface area contributed by atoms with Crippen LogP contribution in [0.3, 0.4) is 0 Å². The summed E-state index contributed by atoms with van der Waals surface area (Å²) in [6.45, 7) is 4.47. The van der Waals surface area contributed by atoms with Crippen molar-refractivity contribution in [2.75, 3.05) is 0 Å². The molecule has 0 saturated carbocycles. The molecule has 130 valence electrons. The van der Waals surface area contributed by atoms with Crippen molar-refractivity contribution in [2.45, 2.75) is 32.9 Å². The van der Waals surface area contributed by atoms with Crippen molar-refractivity contribution in [3.8, 4) is 11.8 Å². The average molecular weight is 337 g/mol. The van der Waals surface area contributed by atoms with E-state index in [0.29, 0.717) is 4.73 Å². The number of hydrogen-bond acceptors (Lipinski definition) is 7. The maximum Gasteiger partial charge on any atom is 0.338 e. The Labute approximate surface area is 137 Å². The Bertz CT molecular complexity index is 694. The molecular formula is C15H19N3O6. The van der Waals surface area contributed by atoms with Crippen molar-refractivity contribution in [3.05, 3.63) is 24.3 Å². The molecule has 0 fully saturated rings. The van der Waals surface area contributed by atoms with E-state index in [0.717, 1.165) is 29.2 Å². The van der Waals surface area contributed by atoms with Gasteiger partial charge in [-0.3, -0.25) is 14.5 Å². The molecule has 0 bridgehead atoms. The van der Waals surface area contributed by atoms with Crippen LogP contribution in [0.5, 0.6) is 11.8 Å². The fraction of sp³-hybridized carbons (Fsp3) is 0.400. The maximum atomic E-state index is 12.4. The van der Waals surface area contributed by atoms with Crippen molar-refractivity contribution in [3.63, 3.8) is 0 Å². The summed E-state index contributed by atoms with van der Waals surface area (Å²) in [4.78, 5) is 41.8. The highest BCUT2D eigenvalue weighted by Crippen LogP contribution is 2.32. The van der Waals surface area contributed by atoms with E-state index < -0.39 is 40.6 Å². The number of carbonyl (C=O) groups is 3. The normalized spacial score (nSPS) is 17.2. The minimum atomic E-state index is -1.43. The van der Waals surface area contributed by atoms with Crippen molar-refractivity contribution in [1.82, 2.24) is 9.63 Å². The van der Waals surface area contributed by atoms with Gasteiger partial charge in [-0.2, -0.15) is 0 Å². The van der Waals surface area contributed by atoms with E-state index in [1.54, 1.807) is 0 Å². The first-order valence-corrected chi connectivity index (χ1v) is 7.13. The Morgan fingerprint density at radius 1 is 1.12 bits per heavy atom. The monoisotopic (exact) mass is 337 g/mol. The Hall–Kier alpha value is -2.81. The predicted octanol–water partition coefficient (Wildman–Crippen LogP) is -0.129. The summed E-state index contributed by atoms with van der Waals surface area (Å²) in [5.74, 6) is -2.85. The number of hydrogen-bond donors (Lipinski definition) is 3. The van der Waals surface area contributed by atoms with Crippen molar-refractivity contribution < 1.29 is 29.4 Å². The van der Waals surface area contributed by atoms with Gasteiger partial charge in [-0.25, -0.2) is 4.79 Å². The van der Waals surface area contributed by atoms with E-state index in [4.69, 9.17) is 10.6 Å². The fourth-order valence-corrected chi connectivity index (χ4v) is 2.65. The highest BCUT2D eigenvalue weighted by molar-refractivity contribution is 6.13. The molecule has 1 aliphatic rings. The van der Waals surface area contributed by atoms with Gasteiger partial charge >= 0.3 is 5.97 Å². The number of nitrogens with zero attached hydrogens (tertiary/aromatic N) is 2. The SMILES string of the molecule is CC(C)(CC(C)(N)N1C(=O)C=CC1=O)C(=O)On1c(O)ccc1O. The maximum absolute atomic E-state index is 12.4. The summed E-state index contributed by atoms with van der Waals surface area (Å²) >= 11 is 0. The average Bonchev–Trinajstić information content (AvgIpc) is 2.94. The van der Waals surface area contributed by atoms with Crippen LogP contribution in [0.2, 0.25) is 0 Å². The van der Waals surface area contributed by atoms with Crippen molar-refractivity contribution in [2.24, 2.45) is 11.1 Å². The Morgan fingerprint density at radius 2 is 1.58 bits per heavy atom. The van der Waals surface area contributed by atoms with Crippen LogP contribution in [0.4, 0.5) is 0 Å². The number of imide groups is 1. The zero-order chi connectivity index (χ0) is 18.3. The molecule has 4 N–H and O–H groups in total. The number of rotatable bonds is 5. The zero-order valence-corrected chi connectivity index (χ0v) is 13.5. The van der Waals surface area contributed by atoms with Gasteiger partial charge in [0, 0.05) is 24.3 Å². The van der Waals surface area contributed by atoms with Gasteiger partial charge in [0.1, 0.15) is 0 Å². The molecule has 1 aliphatic heterocycles. The third-order valence-corrected chi connectivity index (χ3v) is 3.64. The number of nitrogens with two attached hydrogens (primary N) is 1. The summed E-state index contributed by atoms with van der Waals surface area (Å²) in [6.07, 6.45) is 2.12. The lowest BCUT2D eigenvalue weighted by Gasteiger charge is -2.38. The smallest absolute Gasteiger partial charge is 0.338 e. The molecule has 9 heteroatoms. The summed E-state index contributed by atoms with van der Waals surface area (Å²) in [5, 5.41) is 19.0. The molecule has 1 aromatic heterocycles. The first-order chi connectivity index (χ1) is 11.0. The largest absolute Gasteiger partial charge is 0.492 e. The van der Waals surface area contributed by atoms with E-state index in [1.807, 2.05) is 0 Å². The van der Waals surface area contributed by atoms with Crippen LogP contribution in [0.15, 0.2) is 24.3 Å². The third-order valence-electron chi connectivity index (χ3n) is 3.64. The molecular weight excluding hydrogens is 318 g/mol. The molecule has 1 aromatic rings. The van der Waals surface area contributed by atoms with Crippen LogP contribution in [0, 0.1) is 5.41 Å². The molecule has 0 aliphatic carbocycles. The van der Waals surface area contributed by atoms with Gasteiger partial charge < -0.3 is 20.8 Å². The molecule has 9 nitrogen and oxygen atoms in total. The molecule has 1 atom stereocenters. The highest BCUT2D eigenvalue weighted by Gasteiger charge is 2.45. The van der Waals surface area contributed by atoms with Gasteiger partial charge in [-0.05, 0) is 27.2 Å². The zero-order valence-electron chi connectivity index (χ0n) is 13.5. The fourth-order valence-electron chi connectivity index (χ4n) is 2.65. The van der Waals surface area contributed by atoms with Gasteiger partial charge in [-0.1, -0.05) is 0 Å². The molecule has 1 unspecified atom stereocenters. The molecule has 2 rings (SSSR count). The second-order valence-electron chi connectivity index (χ2n) is 6.49. The van der Waals surface area contributed by atoms with Crippen molar-refractivity contribution in [1.29, 1.82) is 0 Å². The molecule has 0 aromatic carbocycles. The number of aromatic hydroxyl groups is 2. The van der Waals surface area contributed by atoms with Crippen LogP contribution in [0.25, 0.3) is 0 Å². The molecule has 24 heavy (non-hydrogen) atoms. The Morgan fingerprint density at radius 3 is 2.04 bits per heavy atom. The quantitative estimate of drug-likeness (QED) is 0.637. The van der Waals surface area contributed by atoms with E-state index >= 15 is 0 Å². The van der Waals surface area contributed by atoms with E-state index in [1.165, 1.54) is 20.8 Å². The van der Waals surface area contributed by atoms with Gasteiger partial charge in [0.05, 0.1) is 11.1 Å². The van der Waals surface area contributed by atoms with Crippen molar-refractivity contribution >= 4 is 17.8 Å². The molecule has 0 saturated heterocycles. The highest BCUT2D eigenvalue weighted by atomic mass is 16.7. The third kappa shape index (κ3) is 3.11. The number of amides is 2. The van der Waals surface area contributed by atoms with E-state index in [-0.39, 0.29) is 6.42 Å². The minimum Gasteiger partial charge on any atom is -0.492 e. The molecule has 2 amide bonds. The summed E-state index contributed by atoms with van der Waals surface area (Å²) in [6, 6.07) is 2.30. The van der Waals surface area contributed by atoms with Gasteiger partial charge in [0.25, 0.3) is 11.8 Å². The first kappa shape index (κ1) is 17.5. The second kappa shape index (κ2) is 5.68. The number of aromatic nitrogens is 1. The molecule has 2 heterocycles. The standard InChI is InChI=1S/C15H19N3O6/c1-14(2,13(23)24-18-11(21)6-7-12(18)22)8-15(3,16)17-9(19)4-5-10(17)20/h4-7,21-22H,8,16H2,1-3H3. The summed E-state index contributed by atoms with van der Waals surface area (Å²) < 4.78 is 0.561. The lowest BCUT2D eigenvalue weighted by atomic mass is 9.83. The van der Waals surface area contributed by atoms with Gasteiger partial charge in [0.2, 0.25) is 11.8 Å². The number of carbonyl (C=O) groups excluding carboxylic acids is 3. The van der Waals surface area contributed by atoms with Gasteiger partial charge in [0.15, 0.2) is 0 Å². The van der Waals surface area contributed by atoms with Crippen LogP contribution in [-0.2, 0) is 14.4 Å². The second-order valence-corrected chi connectivity index (χ2v) is 6.49.